The molecule has 3 aromatic rings. The summed E-state index contributed by atoms with van der Waals surface area (Å²) in [6.45, 7) is 5.19. The summed E-state index contributed by atoms with van der Waals surface area (Å²) in [5, 5.41) is 18.8. The lowest BCUT2D eigenvalue weighted by Crippen LogP contribution is -2.51. The summed E-state index contributed by atoms with van der Waals surface area (Å²) >= 11 is 0. The van der Waals surface area contributed by atoms with Crippen molar-refractivity contribution in [3.63, 3.8) is 0 Å². The lowest BCUT2D eigenvalue weighted by molar-refractivity contribution is -0.0629. The number of aromatic nitrogens is 3. The van der Waals surface area contributed by atoms with E-state index in [2.05, 4.69) is 43.2 Å². The molecule has 4 bridgehead atoms. The maximum Gasteiger partial charge on any atom is 0.274 e. The van der Waals surface area contributed by atoms with E-state index in [0.29, 0.717) is 11.1 Å². The standard InChI is InChI=1S/C33H40N6O2/c1-37(22-33-16-23-12-24(17-33)14-25(13-23)18-33)32(41)30-6-7-31(36-35-30)39-10-8-38(9-11-39)21-26-4-2-3-5-29(26)27-15-28(40)20-34-19-27/h2-7,15,19-20,23-25,40H,8-14,16-18,21-22H2,1H3. The van der Waals surface area contributed by atoms with Crippen LogP contribution in [0.4, 0.5) is 5.82 Å². The van der Waals surface area contributed by atoms with Gasteiger partial charge in [0.05, 0.1) is 6.20 Å². The Labute approximate surface area is 242 Å². The molecule has 3 heterocycles. The molecule has 0 radical (unpaired) electrons. The average molecular weight is 553 g/mol. The van der Waals surface area contributed by atoms with Gasteiger partial charge in [0.25, 0.3) is 5.91 Å². The molecule has 1 N–H and O–H groups in total. The van der Waals surface area contributed by atoms with Gasteiger partial charge in [-0.15, -0.1) is 10.2 Å². The zero-order chi connectivity index (χ0) is 28.0. The number of hydrogen-bond acceptors (Lipinski definition) is 7. The number of carbonyl (C=O) groups excluding carboxylic acids is 1. The molecule has 41 heavy (non-hydrogen) atoms. The van der Waals surface area contributed by atoms with Crippen molar-refractivity contribution in [2.75, 3.05) is 44.7 Å². The molecular formula is C33H40N6O2. The number of rotatable bonds is 7. The number of amides is 1. The molecule has 2 aromatic heterocycles. The average Bonchev–Trinajstić information content (AvgIpc) is 2.97. The smallest absolute Gasteiger partial charge is 0.274 e. The van der Waals surface area contributed by atoms with Gasteiger partial charge in [-0.05, 0) is 91.0 Å². The monoisotopic (exact) mass is 552 g/mol. The van der Waals surface area contributed by atoms with E-state index in [-0.39, 0.29) is 11.7 Å². The molecule has 0 unspecified atom stereocenters. The van der Waals surface area contributed by atoms with Crippen molar-refractivity contribution in [2.45, 2.75) is 45.1 Å². The first-order valence-electron chi connectivity index (χ1n) is 15.2. The van der Waals surface area contributed by atoms with E-state index < -0.39 is 0 Å². The van der Waals surface area contributed by atoms with Gasteiger partial charge >= 0.3 is 0 Å². The summed E-state index contributed by atoms with van der Waals surface area (Å²) in [6, 6.07) is 13.9. The van der Waals surface area contributed by atoms with Crippen LogP contribution in [-0.2, 0) is 6.54 Å². The number of aromatic hydroxyl groups is 1. The van der Waals surface area contributed by atoms with Crippen LogP contribution in [0.25, 0.3) is 11.1 Å². The Kier molecular flexibility index (Phi) is 6.89. The third-order valence-corrected chi connectivity index (χ3v) is 10.1. The molecule has 0 atom stereocenters. The summed E-state index contributed by atoms with van der Waals surface area (Å²) in [5.74, 6) is 3.65. The molecule has 5 fully saturated rings. The van der Waals surface area contributed by atoms with Crippen molar-refractivity contribution >= 4 is 11.7 Å². The topological polar surface area (TPSA) is 85.7 Å². The van der Waals surface area contributed by atoms with E-state index in [1.807, 2.05) is 30.1 Å². The third-order valence-electron chi connectivity index (χ3n) is 10.1. The first-order chi connectivity index (χ1) is 19.9. The van der Waals surface area contributed by atoms with Crippen molar-refractivity contribution in [3.8, 4) is 16.9 Å². The van der Waals surface area contributed by atoms with Crippen molar-refractivity contribution in [2.24, 2.45) is 23.2 Å². The lowest BCUT2D eigenvalue weighted by atomic mass is 9.49. The highest BCUT2D eigenvalue weighted by Gasteiger charge is 2.51. The number of pyridine rings is 1. The molecule has 214 valence electrons. The first kappa shape index (κ1) is 26.4. The Morgan fingerprint density at radius 1 is 0.951 bits per heavy atom. The Bertz CT molecular complexity index is 1370. The molecule has 1 saturated heterocycles. The van der Waals surface area contributed by atoms with E-state index in [4.69, 9.17) is 0 Å². The number of carbonyl (C=O) groups is 1. The predicted octanol–water partition coefficient (Wildman–Crippen LogP) is 4.85. The Morgan fingerprint density at radius 3 is 2.32 bits per heavy atom. The molecule has 4 saturated carbocycles. The fourth-order valence-electron chi connectivity index (χ4n) is 8.75. The summed E-state index contributed by atoms with van der Waals surface area (Å²) in [6.07, 6.45) is 11.4. The van der Waals surface area contributed by atoms with Crippen LogP contribution < -0.4 is 4.90 Å². The second-order valence-electron chi connectivity index (χ2n) is 13.2. The molecule has 8 rings (SSSR count). The number of piperazine rings is 1. The van der Waals surface area contributed by atoms with Crippen LogP contribution in [0.5, 0.6) is 5.75 Å². The highest BCUT2D eigenvalue weighted by Crippen LogP contribution is 2.60. The first-order valence-corrected chi connectivity index (χ1v) is 15.2. The molecule has 8 nitrogen and oxygen atoms in total. The van der Waals surface area contributed by atoms with Crippen LogP contribution in [0.3, 0.4) is 0 Å². The predicted molar refractivity (Wildman–Crippen MR) is 158 cm³/mol. The molecule has 1 aromatic carbocycles. The van der Waals surface area contributed by atoms with Crippen LogP contribution in [0.1, 0.15) is 54.6 Å². The van der Waals surface area contributed by atoms with Gasteiger partial charge in [0.15, 0.2) is 11.5 Å². The fraction of sp³-hybridized carbons (Fsp3) is 0.515. The second kappa shape index (κ2) is 10.7. The van der Waals surface area contributed by atoms with Gasteiger partial charge in [-0.1, -0.05) is 24.3 Å². The van der Waals surface area contributed by atoms with Crippen LogP contribution in [0.15, 0.2) is 54.9 Å². The number of nitrogens with zero attached hydrogens (tertiary/aromatic N) is 6. The molecule has 1 aliphatic heterocycles. The zero-order valence-corrected chi connectivity index (χ0v) is 24.0. The highest BCUT2D eigenvalue weighted by atomic mass is 16.3. The minimum atomic E-state index is -0.00906. The lowest BCUT2D eigenvalue weighted by Gasteiger charge is -2.57. The molecule has 4 aliphatic carbocycles. The molecule has 1 amide bonds. The van der Waals surface area contributed by atoms with Gasteiger partial charge in [-0.2, -0.15) is 0 Å². The van der Waals surface area contributed by atoms with Crippen molar-refractivity contribution in [1.29, 1.82) is 0 Å². The Hall–Kier alpha value is -3.52. The SMILES string of the molecule is CN(CC12CC3CC(CC(C3)C1)C2)C(=O)c1ccc(N2CCN(Cc3ccccc3-c3cncc(O)c3)CC2)nn1. The van der Waals surface area contributed by atoms with Crippen molar-refractivity contribution in [1.82, 2.24) is 25.0 Å². The van der Waals surface area contributed by atoms with Crippen LogP contribution in [0, 0.1) is 23.2 Å². The van der Waals surface area contributed by atoms with Crippen molar-refractivity contribution < 1.29 is 9.90 Å². The maximum absolute atomic E-state index is 13.3. The molecular weight excluding hydrogens is 512 g/mol. The maximum atomic E-state index is 13.3. The highest BCUT2D eigenvalue weighted by molar-refractivity contribution is 5.92. The van der Waals surface area contributed by atoms with E-state index in [9.17, 15) is 9.90 Å². The largest absolute Gasteiger partial charge is 0.506 e. The Balaban J connectivity index is 0.946. The normalized spacial score (nSPS) is 27.2. The fourth-order valence-corrected chi connectivity index (χ4v) is 8.75. The van der Waals surface area contributed by atoms with Crippen LogP contribution in [0.2, 0.25) is 0 Å². The Morgan fingerprint density at radius 2 is 1.66 bits per heavy atom. The van der Waals surface area contributed by atoms with E-state index in [1.54, 1.807) is 12.3 Å². The molecule has 5 aliphatic rings. The van der Waals surface area contributed by atoms with Gasteiger partial charge in [0.2, 0.25) is 0 Å². The van der Waals surface area contributed by atoms with Gasteiger partial charge in [-0.3, -0.25) is 14.7 Å². The summed E-state index contributed by atoms with van der Waals surface area (Å²) in [7, 11) is 1.95. The minimum Gasteiger partial charge on any atom is -0.506 e. The molecule has 0 spiro atoms. The number of benzene rings is 1. The van der Waals surface area contributed by atoms with Gasteiger partial charge in [-0.25, -0.2) is 0 Å². The van der Waals surface area contributed by atoms with Crippen LogP contribution in [-0.4, -0.2) is 75.8 Å². The summed E-state index contributed by atoms with van der Waals surface area (Å²) in [4.78, 5) is 24.1. The number of hydrogen-bond donors (Lipinski definition) is 1. The van der Waals surface area contributed by atoms with Gasteiger partial charge in [0.1, 0.15) is 5.75 Å². The van der Waals surface area contributed by atoms with E-state index >= 15 is 0 Å². The summed E-state index contributed by atoms with van der Waals surface area (Å²) < 4.78 is 0. The quantitative estimate of drug-likeness (QED) is 0.448. The minimum absolute atomic E-state index is 0.00906. The third kappa shape index (κ3) is 5.42. The number of anilines is 1. The van der Waals surface area contributed by atoms with Crippen molar-refractivity contribution in [3.05, 3.63) is 66.1 Å². The second-order valence-corrected chi connectivity index (χ2v) is 13.2. The van der Waals surface area contributed by atoms with E-state index in [1.165, 1.54) is 50.3 Å². The van der Waals surface area contributed by atoms with E-state index in [0.717, 1.165) is 74.0 Å². The van der Waals surface area contributed by atoms with Crippen LogP contribution >= 0.6 is 0 Å². The summed E-state index contributed by atoms with van der Waals surface area (Å²) in [5.41, 5.74) is 4.00. The van der Waals surface area contributed by atoms with Gasteiger partial charge < -0.3 is 14.9 Å². The molecule has 8 heteroatoms. The zero-order valence-electron chi connectivity index (χ0n) is 24.0. The van der Waals surface area contributed by atoms with Gasteiger partial charge in [0, 0.05) is 58.1 Å².